The van der Waals surface area contributed by atoms with E-state index >= 15 is 0 Å². The molecule has 1 aliphatic carbocycles. The molecule has 0 atom stereocenters. The van der Waals surface area contributed by atoms with E-state index in [0.717, 1.165) is 31.2 Å². The lowest BCUT2D eigenvalue weighted by molar-refractivity contribution is 0.409. The molecule has 1 fully saturated rings. The van der Waals surface area contributed by atoms with Crippen molar-refractivity contribution in [1.82, 2.24) is 10.6 Å². The fraction of sp³-hybridized carbons (Fsp3) is 0.611. The van der Waals surface area contributed by atoms with Crippen molar-refractivity contribution >= 4 is 5.96 Å². The van der Waals surface area contributed by atoms with E-state index in [-0.39, 0.29) is 0 Å². The van der Waals surface area contributed by atoms with E-state index in [1.54, 1.807) is 7.11 Å². The Balaban J connectivity index is 1.94. The Morgan fingerprint density at radius 2 is 2.09 bits per heavy atom. The lowest BCUT2D eigenvalue weighted by Crippen LogP contribution is -2.42. The number of aryl methyl sites for hydroxylation is 1. The highest BCUT2D eigenvalue weighted by Gasteiger charge is 2.15. The van der Waals surface area contributed by atoms with Crippen LogP contribution in [-0.4, -0.2) is 32.2 Å². The van der Waals surface area contributed by atoms with Gasteiger partial charge in [0.2, 0.25) is 0 Å². The molecular weight excluding hydrogens is 274 g/mol. The Bertz CT molecular complexity index is 493. The summed E-state index contributed by atoms with van der Waals surface area (Å²) < 4.78 is 5.43. The summed E-state index contributed by atoms with van der Waals surface area (Å²) in [4.78, 5) is 4.72. The van der Waals surface area contributed by atoms with Crippen LogP contribution >= 0.6 is 0 Å². The zero-order valence-electron chi connectivity index (χ0n) is 14.1. The number of benzene rings is 1. The van der Waals surface area contributed by atoms with E-state index in [0.29, 0.717) is 6.04 Å². The van der Waals surface area contributed by atoms with Crippen molar-refractivity contribution in [2.24, 2.45) is 4.99 Å². The highest BCUT2D eigenvalue weighted by Crippen LogP contribution is 2.20. The average molecular weight is 303 g/mol. The summed E-state index contributed by atoms with van der Waals surface area (Å²) in [5.74, 6) is 1.90. The van der Waals surface area contributed by atoms with Crippen LogP contribution in [0.3, 0.4) is 0 Å². The normalized spacial score (nSPS) is 15.9. The van der Waals surface area contributed by atoms with Gasteiger partial charge < -0.3 is 15.4 Å². The maximum absolute atomic E-state index is 5.43. The summed E-state index contributed by atoms with van der Waals surface area (Å²) in [5.41, 5.74) is 2.48. The van der Waals surface area contributed by atoms with Crippen molar-refractivity contribution in [2.45, 2.75) is 52.0 Å². The van der Waals surface area contributed by atoms with Gasteiger partial charge in [-0.3, -0.25) is 4.99 Å². The van der Waals surface area contributed by atoms with Crippen LogP contribution in [0.5, 0.6) is 5.75 Å². The first kappa shape index (κ1) is 16.7. The SMILES string of the molecule is CCNC(=NCCc1cc(C)ccc1OC)NC1CCCC1. The van der Waals surface area contributed by atoms with Crippen molar-refractivity contribution in [3.63, 3.8) is 0 Å². The van der Waals surface area contributed by atoms with Crippen LogP contribution in [0.4, 0.5) is 0 Å². The molecule has 0 unspecified atom stereocenters. The molecule has 0 amide bonds. The monoisotopic (exact) mass is 303 g/mol. The summed E-state index contributed by atoms with van der Waals surface area (Å²) in [5, 5.41) is 6.89. The van der Waals surface area contributed by atoms with E-state index in [1.807, 2.05) is 6.07 Å². The van der Waals surface area contributed by atoms with E-state index in [9.17, 15) is 0 Å². The van der Waals surface area contributed by atoms with Crippen molar-refractivity contribution in [2.75, 3.05) is 20.2 Å². The molecule has 0 spiro atoms. The third kappa shape index (κ3) is 4.93. The molecule has 0 aliphatic heterocycles. The number of ether oxygens (including phenoxy) is 1. The van der Waals surface area contributed by atoms with Gasteiger partial charge in [0, 0.05) is 19.1 Å². The van der Waals surface area contributed by atoms with Crippen molar-refractivity contribution in [3.05, 3.63) is 29.3 Å². The van der Waals surface area contributed by atoms with Crippen LogP contribution in [0, 0.1) is 6.92 Å². The second kappa shape index (κ2) is 8.66. The van der Waals surface area contributed by atoms with Crippen LogP contribution in [0.2, 0.25) is 0 Å². The minimum atomic E-state index is 0.589. The van der Waals surface area contributed by atoms with Gasteiger partial charge in [-0.2, -0.15) is 0 Å². The molecule has 0 saturated heterocycles. The van der Waals surface area contributed by atoms with Crippen molar-refractivity contribution < 1.29 is 4.74 Å². The smallest absolute Gasteiger partial charge is 0.191 e. The van der Waals surface area contributed by atoms with Crippen LogP contribution in [0.15, 0.2) is 23.2 Å². The van der Waals surface area contributed by atoms with Gasteiger partial charge in [-0.05, 0) is 44.7 Å². The first-order valence-electron chi connectivity index (χ1n) is 8.41. The fourth-order valence-corrected chi connectivity index (χ4v) is 2.97. The molecule has 0 aromatic heterocycles. The number of guanidine groups is 1. The van der Waals surface area contributed by atoms with E-state index in [4.69, 9.17) is 9.73 Å². The molecule has 2 N–H and O–H groups in total. The number of methoxy groups -OCH3 is 1. The number of nitrogens with one attached hydrogen (secondary N) is 2. The maximum atomic E-state index is 5.43. The van der Waals surface area contributed by atoms with E-state index in [1.165, 1.54) is 36.8 Å². The van der Waals surface area contributed by atoms with Crippen LogP contribution < -0.4 is 15.4 Å². The second-order valence-corrected chi connectivity index (χ2v) is 5.95. The predicted molar refractivity (Wildman–Crippen MR) is 92.8 cm³/mol. The predicted octanol–water partition coefficient (Wildman–Crippen LogP) is 3.04. The van der Waals surface area contributed by atoms with Gasteiger partial charge in [-0.1, -0.05) is 30.5 Å². The number of rotatable bonds is 6. The zero-order valence-corrected chi connectivity index (χ0v) is 14.1. The van der Waals surface area contributed by atoms with Gasteiger partial charge in [0.1, 0.15) is 5.75 Å². The van der Waals surface area contributed by atoms with Crippen molar-refractivity contribution in [3.8, 4) is 5.75 Å². The summed E-state index contributed by atoms with van der Waals surface area (Å²) in [6.45, 7) is 5.88. The Morgan fingerprint density at radius 1 is 1.32 bits per heavy atom. The number of nitrogens with zero attached hydrogens (tertiary/aromatic N) is 1. The Kier molecular flexibility index (Phi) is 6.56. The fourth-order valence-electron chi connectivity index (χ4n) is 2.97. The summed E-state index contributed by atoms with van der Waals surface area (Å²) in [7, 11) is 1.73. The van der Waals surface area contributed by atoms with Gasteiger partial charge in [-0.15, -0.1) is 0 Å². The molecule has 2 rings (SSSR count). The van der Waals surface area contributed by atoms with Crippen LogP contribution in [0.1, 0.15) is 43.7 Å². The Labute approximate surface area is 134 Å². The standard InChI is InChI=1S/C18H29N3O/c1-4-19-18(21-16-7-5-6-8-16)20-12-11-15-13-14(2)9-10-17(15)22-3/h9-10,13,16H,4-8,11-12H2,1-3H3,(H2,19,20,21). The minimum Gasteiger partial charge on any atom is -0.496 e. The highest BCUT2D eigenvalue weighted by molar-refractivity contribution is 5.80. The molecular formula is C18H29N3O. The number of aliphatic imine (C=N–C) groups is 1. The van der Waals surface area contributed by atoms with Gasteiger partial charge in [0.15, 0.2) is 5.96 Å². The molecule has 1 aliphatic rings. The molecule has 1 aromatic rings. The first-order chi connectivity index (χ1) is 10.7. The van der Waals surface area contributed by atoms with Crippen LogP contribution in [0.25, 0.3) is 0 Å². The van der Waals surface area contributed by atoms with E-state index in [2.05, 4.69) is 36.6 Å². The molecule has 1 saturated carbocycles. The minimum absolute atomic E-state index is 0.589. The summed E-state index contributed by atoms with van der Waals surface area (Å²) in [6, 6.07) is 6.89. The van der Waals surface area contributed by atoms with Gasteiger partial charge in [0.25, 0.3) is 0 Å². The largest absolute Gasteiger partial charge is 0.496 e. The van der Waals surface area contributed by atoms with Crippen LogP contribution in [-0.2, 0) is 6.42 Å². The molecule has 0 radical (unpaired) electrons. The lowest BCUT2D eigenvalue weighted by Gasteiger charge is -2.16. The van der Waals surface area contributed by atoms with E-state index < -0.39 is 0 Å². The lowest BCUT2D eigenvalue weighted by atomic mass is 10.1. The first-order valence-corrected chi connectivity index (χ1v) is 8.41. The third-order valence-electron chi connectivity index (χ3n) is 4.13. The number of hydrogen-bond donors (Lipinski definition) is 2. The summed E-state index contributed by atoms with van der Waals surface area (Å²) in [6.07, 6.45) is 6.08. The molecule has 4 nitrogen and oxygen atoms in total. The second-order valence-electron chi connectivity index (χ2n) is 5.95. The van der Waals surface area contributed by atoms with Gasteiger partial charge in [0.05, 0.1) is 7.11 Å². The maximum Gasteiger partial charge on any atom is 0.191 e. The third-order valence-corrected chi connectivity index (χ3v) is 4.13. The van der Waals surface area contributed by atoms with Crippen molar-refractivity contribution in [1.29, 1.82) is 0 Å². The average Bonchev–Trinajstić information content (AvgIpc) is 3.00. The Hall–Kier alpha value is -1.71. The molecule has 0 bridgehead atoms. The zero-order chi connectivity index (χ0) is 15.8. The molecule has 122 valence electrons. The highest BCUT2D eigenvalue weighted by atomic mass is 16.5. The Morgan fingerprint density at radius 3 is 2.77 bits per heavy atom. The molecule has 0 heterocycles. The number of hydrogen-bond acceptors (Lipinski definition) is 2. The van der Waals surface area contributed by atoms with Gasteiger partial charge >= 0.3 is 0 Å². The quantitative estimate of drug-likeness (QED) is 0.627. The molecule has 1 aromatic carbocycles. The molecule has 4 heteroatoms. The summed E-state index contributed by atoms with van der Waals surface area (Å²) >= 11 is 0. The topological polar surface area (TPSA) is 45.7 Å². The van der Waals surface area contributed by atoms with Gasteiger partial charge in [-0.25, -0.2) is 0 Å². The molecule has 22 heavy (non-hydrogen) atoms.